The number of hydrogen-bond donors (Lipinski definition) is 3. The predicted octanol–water partition coefficient (Wildman–Crippen LogP) is 1.15. The van der Waals surface area contributed by atoms with Gasteiger partial charge in [-0.3, -0.25) is 4.79 Å². The van der Waals surface area contributed by atoms with Gasteiger partial charge in [0, 0.05) is 30.6 Å². The van der Waals surface area contributed by atoms with Crippen LogP contribution >= 0.6 is 0 Å². The number of carbonyl (C=O) groups is 1. The number of hydrogen-bond acceptors (Lipinski definition) is 5. The molecule has 0 atom stereocenters. The van der Waals surface area contributed by atoms with E-state index in [2.05, 4.69) is 20.6 Å². The molecule has 0 radical (unpaired) electrons. The highest BCUT2D eigenvalue weighted by Crippen LogP contribution is 2.20. The van der Waals surface area contributed by atoms with Crippen molar-refractivity contribution in [3.63, 3.8) is 0 Å². The van der Waals surface area contributed by atoms with Crippen LogP contribution in [0.2, 0.25) is 0 Å². The highest BCUT2D eigenvalue weighted by Gasteiger charge is 2.04. The SMILES string of the molecule is CCNC(=O)CCNc1ncnc2cc(N)ccc12. The lowest BCUT2D eigenvalue weighted by atomic mass is 10.2. The molecule has 100 valence electrons. The molecule has 0 aliphatic heterocycles. The number of benzene rings is 1. The van der Waals surface area contributed by atoms with Gasteiger partial charge in [-0.1, -0.05) is 0 Å². The number of nitrogens with zero attached hydrogens (tertiary/aromatic N) is 2. The van der Waals surface area contributed by atoms with Crippen LogP contribution in [0.25, 0.3) is 10.9 Å². The minimum Gasteiger partial charge on any atom is -0.399 e. The summed E-state index contributed by atoms with van der Waals surface area (Å²) in [7, 11) is 0. The molecule has 4 N–H and O–H groups in total. The van der Waals surface area contributed by atoms with Crippen LogP contribution in [0, 0.1) is 0 Å². The Morgan fingerprint density at radius 2 is 2.21 bits per heavy atom. The number of carbonyl (C=O) groups excluding carboxylic acids is 1. The standard InChI is InChI=1S/C13H17N5O/c1-2-15-12(19)5-6-16-13-10-4-3-9(14)7-11(10)17-8-18-13/h3-4,7-8H,2,5-6,14H2,1H3,(H,15,19)(H,16,17,18). The molecule has 2 rings (SSSR count). The zero-order valence-corrected chi connectivity index (χ0v) is 10.8. The van der Waals surface area contributed by atoms with Gasteiger partial charge in [0.15, 0.2) is 0 Å². The number of nitrogens with one attached hydrogen (secondary N) is 2. The first-order chi connectivity index (χ1) is 9.20. The zero-order chi connectivity index (χ0) is 13.7. The quantitative estimate of drug-likeness (QED) is 0.700. The van der Waals surface area contributed by atoms with E-state index < -0.39 is 0 Å². The van der Waals surface area contributed by atoms with Crippen LogP contribution < -0.4 is 16.4 Å². The largest absolute Gasteiger partial charge is 0.399 e. The predicted molar refractivity (Wildman–Crippen MR) is 75.7 cm³/mol. The topological polar surface area (TPSA) is 92.9 Å². The third-order valence-electron chi connectivity index (χ3n) is 2.68. The van der Waals surface area contributed by atoms with Gasteiger partial charge in [-0.2, -0.15) is 0 Å². The van der Waals surface area contributed by atoms with Crippen LogP contribution in [0.1, 0.15) is 13.3 Å². The van der Waals surface area contributed by atoms with Gasteiger partial charge in [0.05, 0.1) is 5.52 Å². The Kier molecular flexibility index (Phi) is 4.12. The fraction of sp³-hybridized carbons (Fsp3) is 0.308. The van der Waals surface area contributed by atoms with Crippen LogP contribution in [-0.4, -0.2) is 29.0 Å². The first kappa shape index (κ1) is 13.1. The number of nitrogen functional groups attached to an aromatic ring is 1. The molecular weight excluding hydrogens is 242 g/mol. The number of amides is 1. The maximum absolute atomic E-state index is 11.3. The lowest BCUT2D eigenvalue weighted by molar-refractivity contribution is -0.120. The van der Waals surface area contributed by atoms with Gasteiger partial charge < -0.3 is 16.4 Å². The van der Waals surface area contributed by atoms with Gasteiger partial charge in [0.1, 0.15) is 12.1 Å². The van der Waals surface area contributed by atoms with Crippen LogP contribution in [0.15, 0.2) is 24.5 Å². The molecule has 6 heteroatoms. The van der Waals surface area contributed by atoms with E-state index in [0.717, 1.165) is 10.9 Å². The van der Waals surface area contributed by atoms with E-state index in [9.17, 15) is 4.79 Å². The molecule has 0 fully saturated rings. The van der Waals surface area contributed by atoms with E-state index in [0.29, 0.717) is 31.0 Å². The second-order valence-corrected chi connectivity index (χ2v) is 4.13. The van der Waals surface area contributed by atoms with E-state index in [1.54, 1.807) is 12.1 Å². The minimum atomic E-state index is 0.0256. The van der Waals surface area contributed by atoms with Crippen LogP contribution in [0.3, 0.4) is 0 Å². The normalized spacial score (nSPS) is 10.4. The zero-order valence-electron chi connectivity index (χ0n) is 10.8. The van der Waals surface area contributed by atoms with Crippen molar-refractivity contribution < 1.29 is 4.79 Å². The summed E-state index contributed by atoms with van der Waals surface area (Å²) in [6.45, 7) is 3.07. The van der Waals surface area contributed by atoms with E-state index in [1.807, 2.05) is 13.0 Å². The van der Waals surface area contributed by atoms with Crippen molar-refractivity contribution in [2.45, 2.75) is 13.3 Å². The maximum Gasteiger partial charge on any atom is 0.221 e. The second-order valence-electron chi connectivity index (χ2n) is 4.13. The first-order valence-corrected chi connectivity index (χ1v) is 6.21. The molecule has 0 saturated carbocycles. The summed E-state index contributed by atoms with van der Waals surface area (Å²) in [6, 6.07) is 5.48. The molecule has 0 unspecified atom stereocenters. The molecular formula is C13H17N5O. The number of fused-ring (bicyclic) bond motifs is 1. The Morgan fingerprint density at radius 3 is 3.00 bits per heavy atom. The lowest BCUT2D eigenvalue weighted by Crippen LogP contribution is -2.24. The molecule has 19 heavy (non-hydrogen) atoms. The Hall–Kier alpha value is -2.37. The Morgan fingerprint density at radius 1 is 1.37 bits per heavy atom. The molecule has 2 aromatic rings. The summed E-state index contributed by atoms with van der Waals surface area (Å²) < 4.78 is 0. The van der Waals surface area contributed by atoms with Crippen molar-refractivity contribution in [2.75, 3.05) is 24.1 Å². The maximum atomic E-state index is 11.3. The summed E-state index contributed by atoms with van der Waals surface area (Å²) in [5.41, 5.74) is 7.17. The van der Waals surface area contributed by atoms with Crippen molar-refractivity contribution >= 4 is 28.3 Å². The molecule has 1 amide bonds. The summed E-state index contributed by atoms with van der Waals surface area (Å²) in [5, 5.41) is 6.79. The fourth-order valence-electron chi connectivity index (χ4n) is 1.79. The molecule has 0 aliphatic rings. The van der Waals surface area contributed by atoms with E-state index in [1.165, 1.54) is 6.33 Å². The molecule has 0 saturated heterocycles. The van der Waals surface area contributed by atoms with E-state index in [4.69, 9.17) is 5.73 Å². The third-order valence-corrected chi connectivity index (χ3v) is 2.68. The van der Waals surface area contributed by atoms with Crippen molar-refractivity contribution in [2.24, 2.45) is 0 Å². The van der Waals surface area contributed by atoms with Gasteiger partial charge in [-0.05, 0) is 25.1 Å². The van der Waals surface area contributed by atoms with Gasteiger partial charge in [-0.15, -0.1) is 0 Å². The second kappa shape index (κ2) is 5.99. The van der Waals surface area contributed by atoms with Crippen LogP contribution in [0.5, 0.6) is 0 Å². The van der Waals surface area contributed by atoms with Crippen molar-refractivity contribution in [3.05, 3.63) is 24.5 Å². The molecule has 0 spiro atoms. The first-order valence-electron chi connectivity index (χ1n) is 6.21. The Balaban J connectivity index is 2.06. The summed E-state index contributed by atoms with van der Waals surface area (Å²) in [4.78, 5) is 19.7. The monoisotopic (exact) mass is 259 g/mol. The average Bonchev–Trinajstić information content (AvgIpc) is 2.39. The highest BCUT2D eigenvalue weighted by atomic mass is 16.1. The summed E-state index contributed by atoms with van der Waals surface area (Å²) in [5.74, 6) is 0.743. The smallest absolute Gasteiger partial charge is 0.221 e. The summed E-state index contributed by atoms with van der Waals surface area (Å²) in [6.07, 6.45) is 1.89. The average molecular weight is 259 g/mol. The third kappa shape index (κ3) is 3.31. The van der Waals surface area contributed by atoms with E-state index in [-0.39, 0.29) is 5.91 Å². The van der Waals surface area contributed by atoms with Crippen LogP contribution in [0.4, 0.5) is 11.5 Å². The molecule has 0 bridgehead atoms. The number of anilines is 2. The van der Waals surface area contributed by atoms with Crippen molar-refractivity contribution in [1.82, 2.24) is 15.3 Å². The number of nitrogens with two attached hydrogens (primary N) is 1. The molecule has 1 aromatic heterocycles. The lowest BCUT2D eigenvalue weighted by Gasteiger charge is -2.08. The Labute approximate surface area is 111 Å². The van der Waals surface area contributed by atoms with E-state index >= 15 is 0 Å². The van der Waals surface area contributed by atoms with Crippen molar-refractivity contribution in [1.29, 1.82) is 0 Å². The highest BCUT2D eigenvalue weighted by molar-refractivity contribution is 5.90. The molecule has 6 nitrogen and oxygen atoms in total. The van der Waals surface area contributed by atoms with Gasteiger partial charge in [0.25, 0.3) is 0 Å². The van der Waals surface area contributed by atoms with Crippen molar-refractivity contribution in [3.8, 4) is 0 Å². The fourth-order valence-corrected chi connectivity index (χ4v) is 1.79. The Bertz CT molecular complexity index is 584. The van der Waals surface area contributed by atoms with Crippen LogP contribution in [-0.2, 0) is 4.79 Å². The molecule has 0 aliphatic carbocycles. The molecule has 1 heterocycles. The molecule has 1 aromatic carbocycles. The number of rotatable bonds is 5. The van der Waals surface area contributed by atoms with Gasteiger partial charge in [-0.25, -0.2) is 9.97 Å². The number of aromatic nitrogens is 2. The van der Waals surface area contributed by atoms with Gasteiger partial charge in [0.2, 0.25) is 5.91 Å². The minimum absolute atomic E-state index is 0.0256. The summed E-state index contributed by atoms with van der Waals surface area (Å²) >= 11 is 0. The van der Waals surface area contributed by atoms with Gasteiger partial charge >= 0.3 is 0 Å².